The number of carbonyl (C=O) groups excluding carboxylic acids is 1. The highest BCUT2D eigenvalue weighted by Crippen LogP contribution is 2.12. The third kappa shape index (κ3) is 3.91. The van der Waals surface area contributed by atoms with Gasteiger partial charge < -0.3 is 9.84 Å². The number of nitrogens with one attached hydrogen (secondary N) is 1. The Morgan fingerprint density at radius 1 is 1.41 bits per heavy atom. The van der Waals surface area contributed by atoms with Crippen LogP contribution in [0.25, 0.3) is 0 Å². The number of esters is 1. The summed E-state index contributed by atoms with van der Waals surface area (Å²) in [5.74, 6) is -0.798. The van der Waals surface area contributed by atoms with Gasteiger partial charge in [-0.1, -0.05) is 6.42 Å². The zero-order chi connectivity index (χ0) is 12.9. The lowest BCUT2D eigenvalue weighted by Crippen LogP contribution is -2.51. The second-order valence-corrected chi connectivity index (χ2v) is 5.54. The molecule has 1 aliphatic rings. The molecule has 1 fully saturated rings. The molecule has 1 heterocycles. The average Bonchev–Trinajstić information content (AvgIpc) is 2.36. The van der Waals surface area contributed by atoms with Gasteiger partial charge in [-0.25, -0.2) is 0 Å². The Labute approximate surface area is 101 Å². The number of methoxy groups -OCH3 is 1. The van der Waals surface area contributed by atoms with Crippen LogP contribution in [0, 0.1) is 0 Å². The molecule has 1 atom stereocenters. The summed E-state index contributed by atoms with van der Waals surface area (Å²) in [7, 11) is -2.59. The van der Waals surface area contributed by atoms with Gasteiger partial charge in [-0.15, -0.1) is 0 Å². The van der Waals surface area contributed by atoms with Crippen LogP contribution in [0.3, 0.4) is 0 Å². The summed E-state index contributed by atoms with van der Waals surface area (Å²) in [5, 5.41) is 8.94. The molecule has 0 aliphatic carbocycles. The van der Waals surface area contributed by atoms with E-state index in [1.807, 2.05) is 0 Å². The van der Waals surface area contributed by atoms with Crippen LogP contribution >= 0.6 is 0 Å². The molecule has 8 heteroatoms. The van der Waals surface area contributed by atoms with E-state index in [0.717, 1.165) is 26.4 Å². The molecule has 100 valence electrons. The van der Waals surface area contributed by atoms with Crippen molar-refractivity contribution in [3.63, 3.8) is 0 Å². The normalized spacial score (nSPS) is 19.9. The van der Waals surface area contributed by atoms with E-state index >= 15 is 0 Å². The van der Waals surface area contributed by atoms with Gasteiger partial charge in [0.05, 0.1) is 13.7 Å². The van der Waals surface area contributed by atoms with Gasteiger partial charge in [-0.3, -0.25) is 4.79 Å². The maximum atomic E-state index is 11.9. The molecule has 0 aromatic heterocycles. The highest BCUT2D eigenvalue weighted by molar-refractivity contribution is 7.87. The number of nitrogens with zero attached hydrogens (tertiary/aromatic N) is 1. The summed E-state index contributed by atoms with van der Waals surface area (Å²) in [5.41, 5.74) is 0. The monoisotopic (exact) mass is 266 g/mol. The molecule has 1 saturated heterocycles. The number of carbonyl (C=O) groups is 1. The van der Waals surface area contributed by atoms with Crippen molar-refractivity contribution in [2.75, 3.05) is 26.8 Å². The fourth-order valence-electron chi connectivity index (χ4n) is 1.66. The fourth-order valence-corrected chi connectivity index (χ4v) is 3.08. The van der Waals surface area contributed by atoms with Crippen LogP contribution in [0.2, 0.25) is 0 Å². The molecule has 1 aliphatic heterocycles. The number of ether oxygens (including phenoxy) is 1. The van der Waals surface area contributed by atoms with E-state index in [9.17, 15) is 13.2 Å². The average molecular weight is 266 g/mol. The van der Waals surface area contributed by atoms with Gasteiger partial charge in [0.25, 0.3) is 10.2 Å². The Kier molecular flexibility index (Phi) is 5.31. The van der Waals surface area contributed by atoms with Gasteiger partial charge >= 0.3 is 5.97 Å². The molecule has 0 unspecified atom stereocenters. The van der Waals surface area contributed by atoms with Crippen LogP contribution < -0.4 is 4.72 Å². The van der Waals surface area contributed by atoms with Crippen LogP contribution in [-0.4, -0.2) is 56.6 Å². The summed E-state index contributed by atoms with van der Waals surface area (Å²) >= 11 is 0. The first-order chi connectivity index (χ1) is 8.01. The molecule has 17 heavy (non-hydrogen) atoms. The molecule has 1 rings (SSSR count). The predicted octanol–water partition coefficient (Wildman–Crippen LogP) is -1.16. The molecular weight excluding hydrogens is 248 g/mol. The molecule has 7 nitrogen and oxygen atoms in total. The Balaban J connectivity index is 2.66. The molecule has 0 spiro atoms. The molecule has 0 bridgehead atoms. The van der Waals surface area contributed by atoms with Crippen molar-refractivity contribution >= 4 is 16.2 Å². The molecule has 0 saturated carbocycles. The van der Waals surface area contributed by atoms with Crippen molar-refractivity contribution in [1.82, 2.24) is 9.03 Å². The lowest BCUT2D eigenvalue weighted by Gasteiger charge is -2.27. The second kappa shape index (κ2) is 6.29. The Morgan fingerprint density at radius 3 is 2.47 bits per heavy atom. The Bertz CT molecular complexity index is 350. The minimum Gasteiger partial charge on any atom is -0.468 e. The van der Waals surface area contributed by atoms with E-state index in [1.165, 1.54) is 4.31 Å². The number of aliphatic hydroxyl groups is 1. The summed E-state index contributed by atoms with van der Waals surface area (Å²) in [4.78, 5) is 11.2. The van der Waals surface area contributed by atoms with E-state index < -0.39 is 28.8 Å². The smallest absolute Gasteiger partial charge is 0.326 e. The largest absolute Gasteiger partial charge is 0.468 e. The SMILES string of the molecule is COC(=O)[C@H](CO)NS(=O)(=O)N1CCCCC1. The lowest BCUT2D eigenvalue weighted by atomic mass is 10.2. The minimum absolute atomic E-state index is 0.439. The van der Waals surface area contributed by atoms with E-state index in [4.69, 9.17) is 5.11 Å². The van der Waals surface area contributed by atoms with E-state index in [-0.39, 0.29) is 0 Å². The summed E-state index contributed by atoms with van der Waals surface area (Å²) in [6.07, 6.45) is 2.62. The molecule has 0 amide bonds. The van der Waals surface area contributed by atoms with Gasteiger partial charge in [0.15, 0.2) is 0 Å². The predicted molar refractivity (Wildman–Crippen MR) is 60.4 cm³/mol. The van der Waals surface area contributed by atoms with Crippen LogP contribution in [-0.2, 0) is 19.7 Å². The number of hydrogen-bond donors (Lipinski definition) is 2. The van der Waals surface area contributed by atoms with Crippen molar-refractivity contribution in [3.8, 4) is 0 Å². The van der Waals surface area contributed by atoms with Crippen molar-refractivity contribution in [2.24, 2.45) is 0 Å². The quantitative estimate of drug-likeness (QED) is 0.612. The van der Waals surface area contributed by atoms with Gasteiger partial charge in [0.1, 0.15) is 6.04 Å². The van der Waals surface area contributed by atoms with Crippen LogP contribution in [0.15, 0.2) is 0 Å². The van der Waals surface area contributed by atoms with Crippen molar-refractivity contribution in [2.45, 2.75) is 25.3 Å². The zero-order valence-corrected chi connectivity index (χ0v) is 10.6. The second-order valence-electron chi connectivity index (χ2n) is 3.84. The first kappa shape index (κ1) is 14.4. The highest BCUT2D eigenvalue weighted by Gasteiger charge is 2.29. The molecule has 0 aromatic rings. The van der Waals surface area contributed by atoms with Gasteiger partial charge in [-0.2, -0.15) is 17.4 Å². The first-order valence-corrected chi connectivity index (χ1v) is 6.91. The molecule has 0 aromatic carbocycles. The van der Waals surface area contributed by atoms with E-state index in [2.05, 4.69) is 9.46 Å². The number of hydrogen-bond acceptors (Lipinski definition) is 5. The maximum Gasteiger partial charge on any atom is 0.326 e. The zero-order valence-electron chi connectivity index (χ0n) is 9.76. The summed E-state index contributed by atoms with van der Waals surface area (Å²) in [6, 6.07) is -1.24. The van der Waals surface area contributed by atoms with E-state index in [0.29, 0.717) is 13.1 Å². The standard InChI is InChI=1S/C9H18N2O5S/c1-16-9(13)8(7-12)10-17(14,15)11-5-3-2-4-6-11/h8,10,12H,2-7H2,1H3/t8-/m0/s1. The first-order valence-electron chi connectivity index (χ1n) is 5.47. The van der Waals surface area contributed by atoms with Crippen LogP contribution in [0.1, 0.15) is 19.3 Å². The van der Waals surface area contributed by atoms with Crippen LogP contribution in [0.4, 0.5) is 0 Å². The summed E-state index contributed by atoms with van der Waals surface area (Å²) in [6.45, 7) is 0.253. The Hall–Kier alpha value is -0.700. The molecular formula is C9H18N2O5S. The highest BCUT2D eigenvalue weighted by atomic mass is 32.2. The number of piperidine rings is 1. The third-order valence-corrected chi connectivity index (χ3v) is 4.24. The van der Waals surface area contributed by atoms with E-state index in [1.54, 1.807) is 0 Å². The van der Waals surface area contributed by atoms with Gasteiger partial charge in [0, 0.05) is 13.1 Å². The van der Waals surface area contributed by atoms with Crippen LogP contribution in [0.5, 0.6) is 0 Å². The van der Waals surface area contributed by atoms with Crippen molar-refractivity contribution in [1.29, 1.82) is 0 Å². The minimum atomic E-state index is -3.73. The molecule has 0 radical (unpaired) electrons. The molecule has 2 N–H and O–H groups in total. The number of rotatable bonds is 5. The van der Waals surface area contributed by atoms with Gasteiger partial charge in [0.2, 0.25) is 0 Å². The lowest BCUT2D eigenvalue weighted by molar-refractivity contribution is -0.143. The Morgan fingerprint density at radius 2 is 2.00 bits per heavy atom. The third-order valence-electron chi connectivity index (χ3n) is 2.61. The van der Waals surface area contributed by atoms with Crippen molar-refractivity contribution in [3.05, 3.63) is 0 Å². The fraction of sp³-hybridized carbons (Fsp3) is 0.889. The van der Waals surface area contributed by atoms with Crippen molar-refractivity contribution < 1.29 is 23.1 Å². The summed E-state index contributed by atoms with van der Waals surface area (Å²) < 4.78 is 31.6. The number of aliphatic hydroxyl groups excluding tert-OH is 1. The van der Waals surface area contributed by atoms with Gasteiger partial charge in [-0.05, 0) is 12.8 Å². The maximum absolute atomic E-state index is 11.9. The topological polar surface area (TPSA) is 95.9 Å².